The van der Waals surface area contributed by atoms with Crippen molar-refractivity contribution in [2.24, 2.45) is 0 Å². The van der Waals surface area contributed by atoms with Crippen molar-refractivity contribution < 1.29 is 18.7 Å². The number of hydrogen-bond donors (Lipinski definition) is 1. The SMILES string of the molecule is CCN(Cc1ccco1)Cc1ccc(F)cc1C(=O)O. The fraction of sp³-hybridized carbons (Fsp3) is 0.267. The summed E-state index contributed by atoms with van der Waals surface area (Å²) in [7, 11) is 0. The second kappa shape index (κ2) is 6.34. The zero-order valence-electron chi connectivity index (χ0n) is 11.2. The molecule has 0 aliphatic heterocycles. The van der Waals surface area contributed by atoms with Crippen LogP contribution < -0.4 is 0 Å². The van der Waals surface area contributed by atoms with Crippen LogP contribution in [0.15, 0.2) is 41.0 Å². The average Bonchev–Trinajstić information content (AvgIpc) is 2.92. The molecule has 106 valence electrons. The Morgan fingerprint density at radius 2 is 2.15 bits per heavy atom. The summed E-state index contributed by atoms with van der Waals surface area (Å²) < 4.78 is 18.4. The van der Waals surface area contributed by atoms with Crippen LogP contribution in [0.1, 0.15) is 28.6 Å². The number of carboxylic acid groups (broad SMARTS) is 1. The van der Waals surface area contributed by atoms with Gasteiger partial charge in [0.1, 0.15) is 11.6 Å². The second-order valence-corrected chi connectivity index (χ2v) is 4.49. The van der Waals surface area contributed by atoms with Gasteiger partial charge in [-0.05, 0) is 36.4 Å². The predicted molar refractivity (Wildman–Crippen MR) is 71.9 cm³/mol. The van der Waals surface area contributed by atoms with Gasteiger partial charge in [0.2, 0.25) is 0 Å². The second-order valence-electron chi connectivity index (χ2n) is 4.49. The van der Waals surface area contributed by atoms with Gasteiger partial charge in [0.15, 0.2) is 0 Å². The van der Waals surface area contributed by atoms with Crippen molar-refractivity contribution in [1.29, 1.82) is 0 Å². The van der Waals surface area contributed by atoms with Crippen molar-refractivity contribution in [3.8, 4) is 0 Å². The van der Waals surface area contributed by atoms with Crippen molar-refractivity contribution in [1.82, 2.24) is 4.90 Å². The summed E-state index contributed by atoms with van der Waals surface area (Å²) in [4.78, 5) is 13.2. The van der Waals surface area contributed by atoms with Crippen LogP contribution in [-0.4, -0.2) is 22.5 Å². The van der Waals surface area contributed by atoms with Crippen LogP contribution in [0.4, 0.5) is 4.39 Å². The molecule has 0 fully saturated rings. The molecule has 20 heavy (non-hydrogen) atoms. The van der Waals surface area contributed by atoms with E-state index >= 15 is 0 Å². The first-order valence-electron chi connectivity index (χ1n) is 6.36. The maximum absolute atomic E-state index is 13.1. The van der Waals surface area contributed by atoms with E-state index in [-0.39, 0.29) is 5.56 Å². The van der Waals surface area contributed by atoms with E-state index in [0.717, 1.165) is 18.4 Å². The molecule has 0 spiro atoms. The molecule has 0 aliphatic rings. The zero-order chi connectivity index (χ0) is 14.5. The summed E-state index contributed by atoms with van der Waals surface area (Å²) in [5.74, 6) is -0.848. The number of rotatable bonds is 6. The Morgan fingerprint density at radius 3 is 2.75 bits per heavy atom. The van der Waals surface area contributed by atoms with E-state index in [9.17, 15) is 9.18 Å². The molecule has 0 unspecified atom stereocenters. The molecule has 2 rings (SSSR count). The molecule has 1 aromatic carbocycles. The maximum atomic E-state index is 13.1. The molecule has 2 aromatic rings. The van der Waals surface area contributed by atoms with Gasteiger partial charge in [-0.1, -0.05) is 13.0 Å². The fourth-order valence-corrected chi connectivity index (χ4v) is 2.03. The molecule has 1 aromatic heterocycles. The van der Waals surface area contributed by atoms with Gasteiger partial charge in [-0.25, -0.2) is 9.18 Å². The Morgan fingerprint density at radius 1 is 1.35 bits per heavy atom. The number of carbonyl (C=O) groups is 1. The van der Waals surface area contributed by atoms with Crippen molar-refractivity contribution in [2.75, 3.05) is 6.54 Å². The van der Waals surface area contributed by atoms with Crippen molar-refractivity contribution in [3.05, 3.63) is 59.3 Å². The van der Waals surface area contributed by atoms with E-state index in [2.05, 4.69) is 0 Å². The topological polar surface area (TPSA) is 53.7 Å². The predicted octanol–water partition coefficient (Wildman–Crippen LogP) is 3.14. The number of hydrogen-bond acceptors (Lipinski definition) is 3. The van der Waals surface area contributed by atoms with Gasteiger partial charge in [-0.15, -0.1) is 0 Å². The fourth-order valence-electron chi connectivity index (χ4n) is 2.03. The molecular weight excluding hydrogens is 261 g/mol. The van der Waals surface area contributed by atoms with Crippen molar-refractivity contribution >= 4 is 5.97 Å². The molecular formula is C15H16FNO3. The third kappa shape index (κ3) is 3.45. The molecule has 0 radical (unpaired) electrons. The zero-order valence-corrected chi connectivity index (χ0v) is 11.2. The minimum atomic E-state index is -1.12. The summed E-state index contributed by atoms with van der Waals surface area (Å²) in [5.41, 5.74) is 0.593. The lowest BCUT2D eigenvalue weighted by Crippen LogP contribution is -2.23. The molecule has 5 heteroatoms. The van der Waals surface area contributed by atoms with Gasteiger partial charge >= 0.3 is 5.97 Å². The van der Waals surface area contributed by atoms with E-state index in [1.165, 1.54) is 12.1 Å². The van der Waals surface area contributed by atoms with E-state index in [1.54, 1.807) is 6.26 Å². The van der Waals surface area contributed by atoms with Crippen LogP contribution in [0.2, 0.25) is 0 Å². The van der Waals surface area contributed by atoms with Gasteiger partial charge in [-0.3, -0.25) is 4.90 Å². The Balaban J connectivity index is 2.17. The largest absolute Gasteiger partial charge is 0.478 e. The molecule has 4 nitrogen and oxygen atoms in total. The number of carboxylic acids is 1. The first kappa shape index (κ1) is 14.3. The number of benzene rings is 1. The summed E-state index contributed by atoms with van der Waals surface area (Å²) >= 11 is 0. The van der Waals surface area contributed by atoms with Gasteiger partial charge in [0.05, 0.1) is 18.4 Å². The quantitative estimate of drug-likeness (QED) is 0.881. The third-order valence-corrected chi connectivity index (χ3v) is 3.10. The summed E-state index contributed by atoms with van der Waals surface area (Å²) in [6.45, 7) is 3.73. The minimum Gasteiger partial charge on any atom is -0.478 e. The molecule has 0 amide bonds. The highest BCUT2D eigenvalue weighted by atomic mass is 19.1. The van der Waals surface area contributed by atoms with Crippen LogP contribution in [-0.2, 0) is 13.1 Å². The Bertz CT molecular complexity index is 581. The molecule has 0 saturated carbocycles. The smallest absolute Gasteiger partial charge is 0.336 e. The minimum absolute atomic E-state index is 0.00268. The van der Waals surface area contributed by atoms with Crippen LogP contribution in [0.5, 0.6) is 0 Å². The molecule has 0 atom stereocenters. The monoisotopic (exact) mass is 277 g/mol. The van der Waals surface area contributed by atoms with Gasteiger partial charge in [0, 0.05) is 6.54 Å². The summed E-state index contributed by atoms with van der Waals surface area (Å²) in [6.07, 6.45) is 1.60. The standard InChI is InChI=1S/C15H16FNO3/c1-2-17(10-13-4-3-7-20-13)9-11-5-6-12(16)8-14(11)15(18)19/h3-8H,2,9-10H2,1H3,(H,18,19). The van der Waals surface area contributed by atoms with Crippen LogP contribution in [0.3, 0.4) is 0 Å². The van der Waals surface area contributed by atoms with Gasteiger partial charge < -0.3 is 9.52 Å². The molecule has 0 bridgehead atoms. The Hall–Kier alpha value is -2.14. The number of nitrogens with zero attached hydrogens (tertiary/aromatic N) is 1. The lowest BCUT2D eigenvalue weighted by atomic mass is 10.1. The number of halogens is 1. The maximum Gasteiger partial charge on any atom is 0.336 e. The van der Waals surface area contributed by atoms with Crippen molar-refractivity contribution in [3.63, 3.8) is 0 Å². The average molecular weight is 277 g/mol. The Kier molecular flexibility index (Phi) is 4.53. The number of furan rings is 1. The van der Waals surface area contributed by atoms with E-state index in [0.29, 0.717) is 18.7 Å². The first-order chi connectivity index (χ1) is 9.60. The van der Waals surface area contributed by atoms with Crippen LogP contribution in [0.25, 0.3) is 0 Å². The van der Waals surface area contributed by atoms with Gasteiger partial charge in [0.25, 0.3) is 0 Å². The van der Waals surface area contributed by atoms with E-state index < -0.39 is 11.8 Å². The number of aromatic carboxylic acids is 1. The van der Waals surface area contributed by atoms with E-state index in [4.69, 9.17) is 9.52 Å². The van der Waals surface area contributed by atoms with Crippen molar-refractivity contribution in [2.45, 2.75) is 20.0 Å². The highest BCUT2D eigenvalue weighted by molar-refractivity contribution is 5.89. The van der Waals surface area contributed by atoms with E-state index in [1.807, 2.05) is 24.0 Å². The lowest BCUT2D eigenvalue weighted by molar-refractivity contribution is 0.0693. The lowest BCUT2D eigenvalue weighted by Gasteiger charge is -2.20. The molecule has 1 heterocycles. The molecule has 0 saturated heterocycles. The van der Waals surface area contributed by atoms with Crippen LogP contribution >= 0.6 is 0 Å². The van der Waals surface area contributed by atoms with Crippen LogP contribution in [0, 0.1) is 5.82 Å². The highest BCUT2D eigenvalue weighted by Gasteiger charge is 2.14. The summed E-state index contributed by atoms with van der Waals surface area (Å²) in [5, 5.41) is 9.13. The molecule has 1 N–H and O–H groups in total. The first-order valence-corrected chi connectivity index (χ1v) is 6.36. The molecule has 0 aliphatic carbocycles. The highest BCUT2D eigenvalue weighted by Crippen LogP contribution is 2.16. The third-order valence-electron chi connectivity index (χ3n) is 3.10. The van der Waals surface area contributed by atoms with Gasteiger partial charge in [-0.2, -0.15) is 0 Å². The summed E-state index contributed by atoms with van der Waals surface area (Å²) in [6, 6.07) is 7.53. The Labute approximate surface area is 116 Å². The normalized spacial score (nSPS) is 10.9.